The molecule has 1 aromatic rings. The van der Waals surface area contributed by atoms with E-state index in [4.69, 9.17) is 16.7 Å². The number of carboxylic acid groups (broad SMARTS) is 1. The van der Waals surface area contributed by atoms with E-state index in [2.05, 4.69) is 0 Å². The first-order valence-electron chi connectivity index (χ1n) is 7.39. The van der Waals surface area contributed by atoms with Crippen LogP contribution in [0.3, 0.4) is 0 Å². The maximum absolute atomic E-state index is 12.8. The van der Waals surface area contributed by atoms with E-state index < -0.39 is 17.0 Å². The Kier molecular flexibility index (Phi) is 3.65. The Labute approximate surface area is 133 Å². The summed E-state index contributed by atoms with van der Waals surface area (Å²) in [5.41, 5.74) is -1.29. The van der Waals surface area contributed by atoms with Gasteiger partial charge in [0.1, 0.15) is 0 Å². The van der Waals surface area contributed by atoms with Gasteiger partial charge in [0.15, 0.2) is 5.60 Å². The number of aliphatic hydroxyl groups is 1. The summed E-state index contributed by atoms with van der Waals surface area (Å²) in [6, 6.07) is 7.35. The topological polar surface area (TPSA) is 77.8 Å². The molecule has 1 heterocycles. The Morgan fingerprint density at radius 2 is 1.77 bits per heavy atom. The van der Waals surface area contributed by atoms with Gasteiger partial charge in [-0.1, -0.05) is 23.7 Å². The number of hydrogen-bond donors (Lipinski definition) is 2. The highest BCUT2D eigenvalue weighted by molar-refractivity contribution is 6.30. The second kappa shape index (κ2) is 5.25. The predicted octanol–water partition coefficient (Wildman–Crippen LogP) is 1.81. The second-order valence-corrected chi connectivity index (χ2v) is 6.66. The van der Waals surface area contributed by atoms with E-state index in [1.807, 2.05) is 18.2 Å². The molecule has 118 valence electrons. The standard InChI is InChI=1S/C16H18ClNO4/c17-12-3-1-2-11(10-12)15(4-5-15)13(19)18-8-6-16(22,7-9-18)14(20)21/h1-3,10,22H,4-9H2,(H,20,21). The average molecular weight is 324 g/mol. The van der Waals surface area contributed by atoms with Crippen molar-refractivity contribution in [1.29, 1.82) is 0 Å². The van der Waals surface area contributed by atoms with Crippen LogP contribution >= 0.6 is 11.6 Å². The molecule has 6 heteroatoms. The number of halogens is 1. The molecular weight excluding hydrogens is 306 g/mol. The number of rotatable bonds is 3. The Morgan fingerprint density at radius 3 is 2.27 bits per heavy atom. The van der Waals surface area contributed by atoms with Gasteiger partial charge in [-0.15, -0.1) is 0 Å². The number of benzene rings is 1. The van der Waals surface area contributed by atoms with Crippen LogP contribution in [0, 0.1) is 0 Å². The summed E-state index contributed by atoms with van der Waals surface area (Å²) < 4.78 is 0. The number of nitrogens with zero attached hydrogens (tertiary/aromatic N) is 1. The molecule has 3 rings (SSSR count). The maximum Gasteiger partial charge on any atom is 0.335 e. The quantitative estimate of drug-likeness (QED) is 0.889. The van der Waals surface area contributed by atoms with Gasteiger partial charge < -0.3 is 15.1 Å². The zero-order valence-electron chi connectivity index (χ0n) is 12.1. The number of carbonyl (C=O) groups excluding carboxylic acids is 1. The van der Waals surface area contributed by atoms with Gasteiger partial charge >= 0.3 is 5.97 Å². The zero-order chi connectivity index (χ0) is 16.0. The molecule has 1 aliphatic carbocycles. The molecule has 1 aliphatic heterocycles. The van der Waals surface area contributed by atoms with Crippen LogP contribution in [0.25, 0.3) is 0 Å². The van der Waals surface area contributed by atoms with Gasteiger partial charge in [-0.05, 0) is 30.5 Å². The monoisotopic (exact) mass is 323 g/mol. The number of likely N-dealkylation sites (tertiary alicyclic amines) is 1. The second-order valence-electron chi connectivity index (χ2n) is 6.22. The smallest absolute Gasteiger partial charge is 0.335 e. The van der Waals surface area contributed by atoms with Crippen molar-refractivity contribution in [1.82, 2.24) is 4.90 Å². The summed E-state index contributed by atoms with van der Waals surface area (Å²) in [5.74, 6) is -1.20. The number of hydrogen-bond acceptors (Lipinski definition) is 3. The van der Waals surface area contributed by atoms with Crippen LogP contribution in [0.2, 0.25) is 5.02 Å². The molecule has 0 spiro atoms. The third-order valence-corrected chi connectivity index (χ3v) is 5.05. The van der Waals surface area contributed by atoms with E-state index >= 15 is 0 Å². The van der Waals surface area contributed by atoms with E-state index in [0.717, 1.165) is 18.4 Å². The number of carbonyl (C=O) groups is 2. The minimum atomic E-state index is -1.70. The summed E-state index contributed by atoms with van der Waals surface area (Å²) >= 11 is 6.02. The Hall–Kier alpha value is -1.59. The number of aliphatic carboxylic acids is 1. The van der Waals surface area contributed by atoms with Crippen molar-refractivity contribution in [3.63, 3.8) is 0 Å². The van der Waals surface area contributed by atoms with Gasteiger partial charge in [0, 0.05) is 31.0 Å². The molecule has 0 atom stereocenters. The highest BCUT2D eigenvalue weighted by Gasteiger charge is 2.54. The van der Waals surface area contributed by atoms with E-state index in [1.54, 1.807) is 11.0 Å². The Bertz CT molecular complexity index is 618. The van der Waals surface area contributed by atoms with Crippen molar-refractivity contribution in [3.05, 3.63) is 34.9 Å². The molecule has 22 heavy (non-hydrogen) atoms. The number of amides is 1. The summed E-state index contributed by atoms with van der Waals surface area (Å²) in [5, 5.41) is 19.6. The summed E-state index contributed by atoms with van der Waals surface area (Å²) in [4.78, 5) is 25.6. The van der Waals surface area contributed by atoms with Gasteiger partial charge in [0.25, 0.3) is 0 Å². The third kappa shape index (κ3) is 2.48. The molecule has 0 aromatic heterocycles. The van der Waals surface area contributed by atoms with Gasteiger partial charge in [-0.3, -0.25) is 4.79 Å². The molecule has 1 saturated carbocycles. The molecule has 1 amide bonds. The minimum Gasteiger partial charge on any atom is -0.479 e. The molecule has 1 aromatic carbocycles. The Balaban J connectivity index is 1.74. The lowest BCUT2D eigenvalue weighted by Gasteiger charge is -2.37. The van der Waals surface area contributed by atoms with Crippen molar-refractivity contribution < 1.29 is 19.8 Å². The van der Waals surface area contributed by atoms with Crippen molar-refractivity contribution >= 4 is 23.5 Å². The van der Waals surface area contributed by atoms with Gasteiger partial charge in [0.05, 0.1) is 5.41 Å². The number of carboxylic acids is 1. The summed E-state index contributed by atoms with van der Waals surface area (Å²) in [6.45, 7) is 0.536. The molecule has 0 radical (unpaired) electrons. The van der Waals surface area contributed by atoms with Crippen LogP contribution in [0.1, 0.15) is 31.2 Å². The summed E-state index contributed by atoms with van der Waals surface area (Å²) in [6.07, 6.45) is 1.71. The van der Waals surface area contributed by atoms with Gasteiger partial charge in [0.2, 0.25) is 5.91 Å². The number of piperidine rings is 1. The molecule has 0 bridgehead atoms. The lowest BCUT2D eigenvalue weighted by Crippen LogP contribution is -2.52. The Morgan fingerprint density at radius 1 is 1.14 bits per heavy atom. The fraction of sp³-hybridized carbons (Fsp3) is 0.500. The van der Waals surface area contributed by atoms with E-state index in [1.165, 1.54) is 0 Å². The van der Waals surface area contributed by atoms with E-state index in [9.17, 15) is 14.7 Å². The highest BCUT2D eigenvalue weighted by Crippen LogP contribution is 2.50. The lowest BCUT2D eigenvalue weighted by molar-refractivity contribution is -0.165. The molecule has 1 saturated heterocycles. The van der Waals surface area contributed by atoms with Gasteiger partial charge in [-0.25, -0.2) is 4.79 Å². The van der Waals surface area contributed by atoms with Crippen molar-refractivity contribution in [2.45, 2.75) is 36.7 Å². The van der Waals surface area contributed by atoms with E-state index in [-0.39, 0.29) is 31.8 Å². The van der Waals surface area contributed by atoms with E-state index in [0.29, 0.717) is 5.02 Å². The largest absolute Gasteiger partial charge is 0.479 e. The average Bonchev–Trinajstić information content (AvgIpc) is 3.29. The first kappa shape index (κ1) is 15.3. The first-order chi connectivity index (χ1) is 10.4. The van der Waals surface area contributed by atoms with Gasteiger partial charge in [-0.2, -0.15) is 0 Å². The van der Waals surface area contributed by atoms with Crippen LogP contribution in [0.15, 0.2) is 24.3 Å². The van der Waals surface area contributed by atoms with Crippen LogP contribution in [-0.2, 0) is 15.0 Å². The molecular formula is C16H18ClNO4. The SMILES string of the molecule is O=C(O)C1(O)CCN(C(=O)C2(c3cccc(Cl)c3)CC2)CC1. The van der Waals surface area contributed by atoms with Crippen LogP contribution in [0.5, 0.6) is 0 Å². The van der Waals surface area contributed by atoms with Crippen LogP contribution < -0.4 is 0 Å². The lowest BCUT2D eigenvalue weighted by atomic mass is 9.89. The minimum absolute atomic E-state index is 0.0159. The van der Waals surface area contributed by atoms with Crippen molar-refractivity contribution in [2.24, 2.45) is 0 Å². The molecule has 2 fully saturated rings. The predicted molar refractivity (Wildman–Crippen MR) is 80.8 cm³/mol. The molecule has 2 aliphatic rings. The maximum atomic E-state index is 12.8. The van der Waals surface area contributed by atoms with Crippen molar-refractivity contribution in [3.8, 4) is 0 Å². The molecule has 0 unspecified atom stereocenters. The molecule has 5 nitrogen and oxygen atoms in total. The summed E-state index contributed by atoms with van der Waals surface area (Å²) in [7, 11) is 0. The fourth-order valence-electron chi connectivity index (χ4n) is 3.13. The third-order valence-electron chi connectivity index (χ3n) is 4.81. The highest BCUT2D eigenvalue weighted by atomic mass is 35.5. The normalized spacial score (nSPS) is 22.2. The first-order valence-corrected chi connectivity index (χ1v) is 7.76. The van der Waals surface area contributed by atoms with Crippen LogP contribution in [0.4, 0.5) is 0 Å². The van der Waals surface area contributed by atoms with Crippen molar-refractivity contribution in [2.75, 3.05) is 13.1 Å². The van der Waals surface area contributed by atoms with Crippen LogP contribution in [-0.4, -0.2) is 45.7 Å². The molecule has 2 N–H and O–H groups in total. The zero-order valence-corrected chi connectivity index (χ0v) is 12.8. The fourth-order valence-corrected chi connectivity index (χ4v) is 3.32.